The number of aryl methyl sites for hydroxylation is 1. The van der Waals surface area contributed by atoms with Gasteiger partial charge in [-0.05, 0) is 18.2 Å². The van der Waals surface area contributed by atoms with Crippen LogP contribution >= 0.6 is 15.9 Å². The lowest BCUT2D eigenvalue weighted by Gasteiger charge is -2.10. The van der Waals surface area contributed by atoms with E-state index in [1.54, 1.807) is 30.1 Å². The van der Waals surface area contributed by atoms with E-state index >= 15 is 0 Å². The molecule has 0 aliphatic carbocycles. The van der Waals surface area contributed by atoms with Crippen LogP contribution in [0.1, 0.15) is 15.9 Å². The minimum Gasteiger partial charge on any atom is -0.384 e. The van der Waals surface area contributed by atoms with E-state index in [1.807, 2.05) is 6.07 Å². The maximum atomic E-state index is 11.4. The van der Waals surface area contributed by atoms with Gasteiger partial charge in [0.2, 0.25) is 0 Å². The summed E-state index contributed by atoms with van der Waals surface area (Å²) in [6.07, 6.45) is 1.69. The summed E-state index contributed by atoms with van der Waals surface area (Å²) >= 11 is 3.31. The summed E-state index contributed by atoms with van der Waals surface area (Å²) in [4.78, 5) is 11.4. The van der Waals surface area contributed by atoms with Crippen molar-refractivity contribution in [3.8, 4) is 0 Å². The first kappa shape index (κ1) is 13.4. The average molecular weight is 324 g/mol. The van der Waals surface area contributed by atoms with Gasteiger partial charge in [0.25, 0.3) is 5.91 Å². The van der Waals surface area contributed by atoms with Gasteiger partial charge in [-0.3, -0.25) is 9.48 Å². The highest BCUT2D eigenvalue weighted by molar-refractivity contribution is 9.10. The SMILES string of the molecule is Cn1ncc(CNc2ccc(Br)cc2C(N)=O)c1N. The molecule has 1 aromatic carbocycles. The molecule has 19 heavy (non-hydrogen) atoms. The quantitative estimate of drug-likeness (QED) is 0.793. The first-order valence-corrected chi connectivity index (χ1v) is 6.38. The molecule has 6 nitrogen and oxygen atoms in total. The Kier molecular flexibility index (Phi) is 3.75. The zero-order valence-electron chi connectivity index (χ0n) is 10.4. The Morgan fingerprint density at radius 3 is 2.84 bits per heavy atom. The van der Waals surface area contributed by atoms with Crippen LogP contribution < -0.4 is 16.8 Å². The van der Waals surface area contributed by atoms with E-state index in [4.69, 9.17) is 11.5 Å². The average Bonchev–Trinajstić information content (AvgIpc) is 2.68. The molecule has 0 radical (unpaired) electrons. The summed E-state index contributed by atoms with van der Waals surface area (Å²) in [7, 11) is 1.77. The number of benzene rings is 1. The highest BCUT2D eigenvalue weighted by atomic mass is 79.9. The summed E-state index contributed by atoms with van der Waals surface area (Å²) in [5, 5.41) is 7.19. The monoisotopic (exact) mass is 323 g/mol. The number of aromatic nitrogens is 2. The Bertz CT molecular complexity index is 623. The Morgan fingerprint density at radius 1 is 1.53 bits per heavy atom. The molecule has 7 heteroatoms. The van der Waals surface area contributed by atoms with Gasteiger partial charge in [-0.2, -0.15) is 5.10 Å². The molecule has 0 bridgehead atoms. The molecule has 0 atom stereocenters. The minimum absolute atomic E-state index is 0.428. The van der Waals surface area contributed by atoms with Gasteiger partial charge in [0, 0.05) is 29.3 Å². The van der Waals surface area contributed by atoms with Crippen LogP contribution in [-0.4, -0.2) is 15.7 Å². The standard InChI is InChI=1S/C12H14BrN5O/c1-18-11(14)7(6-17-18)5-16-10-3-2-8(13)4-9(10)12(15)19/h2-4,6,16H,5,14H2,1H3,(H2,15,19). The normalized spacial score (nSPS) is 10.4. The van der Waals surface area contributed by atoms with Gasteiger partial charge >= 0.3 is 0 Å². The van der Waals surface area contributed by atoms with E-state index in [0.717, 1.165) is 10.0 Å². The second kappa shape index (κ2) is 5.31. The summed E-state index contributed by atoms with van der Waals surface area (Å²) in [6.45, 7) is 0.474. The Balaban J connectivity index is 2.20. The van der Waals surface area contributed by atoms with Crippen molar-refractivity contribution < 1.29 is 4.79 Å². The third-order valence-corrected chi connectivity index (χ3v) is 3.27. The first-order valence-electron chi connectivity index (χ1n) is 5.58. The van der Waals surface area contributed by atoms with Gasteiger partial charge in [0.1, 0.15) is 5.82 Å². The number of carbonyl (C=O) groups excluding carboxylic acids is 1. The maximum absolute atomic E-state index is 11.4. The van der Waals surface area contributed by atoms with Crippen LogP contribution in [0.4, 0.5) is 11.5 Å². The number of nitrogens with two attached hydrogens (primary N) is 2. The fourth-order valence-electron chi connectivity index (χ4n) is 1.69. The summed E-state index contributed by atoms with van der Waals surface area (Å²) < 4.78 is 2.39. The van der Waals surface area contributed by atoms with Gasteiger partial charge in [-0.25, -0.2) is 0 Å². The number of hydrogen-bond acceptors (Lipinski definition) is 4. The van der Waals surface area contributed by atoms with Crippen molar-refractivity contribution in [3.05, 3.63) is 40.0 Å². The summed E-state index contributed by atoms with van der Waals surface area (Å²) in [6, 6.07) is 5.30. The lowest BCUT2D eigenvalue weighted by atomic mass is 10.1. The van der Waals surface area contributed by atoms with Gasteiger partial charge in [0.15, 0.2) is 0 Å². The number of rotatable bonds is 4. The number of amides is 1. The van der Waals surface area contributed by atoms with Crippen molar-refractivity contribution in [3.63, 3.8) is 0 Å². The summed E-state index contributed by atoms with van der Waals surface area (Å²) in [5.41, 5.74) is 13.2. The molecule has 2 rings (SSSR count). The van der Waals surface area contributed by atoms with Crippen molar-refractivity contribution >= 4 is 33.3 Å². The molecule has 0 fully saturated rings. The third kappa shape index (κ3) is 2.87. The van der Waals surface area contributed by atoms with Crippen LogP contribution in [0.3, 0.4) is 0 Å². The van der Waals surface area contributed by atoms with Gasteiger partial charge in [-0.15, -0.1) is 0 Å². The second-order valence-corrected chi connectivity index (χ2v) is 5.00. The molecule has 0 aliphatic heterocycles. The number of anilines is 2. The fourth-order valence-corrected chi connectivity index (χ4v) is 2.05. The molecule has 0 aliphatic rings. The number of halogens is 1. The van der Waals surface area contributed by atoms with Crippen LogP contribution in [0.2, 0.25) is 0 Å². The molecule has 0 unspecified atom stereocenters. The molecular formula is C12H14BrN5O. The molecule has 0 spiro atoms. The largest absolute Gasteiger partial charge is 0.384 e. The second-order valence-electron chi connectivity index (χ2n) is 4.09. The van der Waals surface area contributed by atoms with Crippen LogP contribution in [0.5, 0.6) is 0 Å². The van der Waals surface area contributed by atoms with E-state index in [0.29, 0.717) is 23.6 Å². The Labute approximate surface area is 118 Å². The molecule has 1 heterocycles. The number of carbonyl (C=O) groups is 1. The first-order chi connectivity index (χ1) is 8.99. The predicted octanol–water partition coefficient (Wildman–Crippen LogP) is 1.48. The topological polar surface area (TPSA) is 99.0 Å². The van der Waals surface area contributed by atoms with Crippen molar-refractivity contribution in [2.24, 2.45) is 12.8 Å². The molecule has 1 aromatic heterocycles. The van der Waals surface area contributed by atoms with Crippen LogP contribution in [0.15, 0.2) is 28.9 Å². The number of primary amides is 1. The van der Waals surface area contributed by atoms with Crippen LogP contribution in [-0.2, 0) is 13.6 Å². The molecule has 0 saturated carbocycles. The molecule has 1 amide bonds. The lowest BCUT2D eigenvalue weighted by molar-refractivity contribution is 0.100. The number of nitrogens with zero attached hydrogens (tertiary/aromatic N) is 2. The third-order valence-electron chi connectivity index (χ3n) is 2.78. The van der Waals surface area contributed by atoms with Gasteiger partial charge in [-0.1, -0.05) is 15.9 Å². The predicted molar refractivity (Wildman–Crippen MR) is 77.6 cm³/mol. The van der Waals surface area contributed by atoms with E-state index in [-0.39, 0.29) is 0 Å². The highest BCUT2D eigenvalue weighted by Crippen LogP contribution is 2.22. The molecule has 100 valence electrons. The van der Waals surface area contributed by atoms with E-state index < -0.39 is 5.91 Å². The number of hydrogen-bond donors (Lipinski definition) is 3. The van der Waals surface area contributed by atoms with Crippen molar-refractivity contribution in [1.29, 1.82) is 0 Å². The summed E-state index contributed by atoms with van der Waals surface area (Å²) in [5.74, 6) is 0.105. The van der Waals surface area contributed by atoms with Crippen LogP contribution in [0, 0.1) is 0 Å². The number of nitrogens with one attached hydrogen (secondary N) is 1. The zero-order valence-corrected chi connectivity index (χ0v) is 11.9. The molecule has 5 N–H and O–H groups in total. The smallest absolute Gasteiger partial charge is 0.250 e. The Morgan fingerprint density at radius 2 is 2.26 bits per heavy atom. The van der Waals surface area contributed by atoms with Crippen molar-refractivity contribution in [2.45, 2.75) is 6.54 Å². The highest BCUT2D eigenvalue weighted by Gasteiger charge is 2.10. The van der Waals surface area contributed by atoms with Crippen LogP contribution in [0.25, 0.3) is 0 Å². The molecular weight excluding hydrogens is 310 g/mol. The number of nitrogen functional groups attached to an aromatic ring is 1. The van der Waals surface area contributed by atoms with E-state index in [1.165, 1.54) is 0 Å². The van der Waals surface area contributed by atoms with E-state index in [2.05, 4.69) is 26.3 Å². The van der Waals surface area contributed by atoms with Crippen molar-refractivity contribution in [2.75, 3.05) is 11.1 Å². The minimum atomic E-state index is -0.483. The lowest BCUT2D eigenvalue weighted by Crippen LogP contribution is -2.14. The maximum Gasteiger partial charge on any atom is 0.250 e. The zero-order chi connectivity index (χ0) is 14.0. The van der Waals surface area contributed by atoms with Gasteiger partial charge in [0.05, 0.1) is 11.8 Å². The van der Waals surface area contributed by atoms with Crippen molar-refractivity contribution in [1.82, 2.24) is 9.78 Å². The van der Waals surface area contributed by atoms with E-state index in [9.17, 15) is 4.79 Å². The molecule has 2 aromatic rings. The fraction of sp³-hybridized carbons (Fsp3) is 0.167. The molecule has 0 saturated heterocycles. The van der Waals surface area contributed by atoms with Gasteiger partial charge < -0.3 is 16.8 Å². The Hall–Kier alpha value is -2.02.